The van der Waals surface area contributed by atoms with Crippen LogP contribution in [0.25, 0.3) is 0 Å². The van der Waals surface area contributed by atoms with Crippen molar-refractivity contribution in [2.45, 2.75) is 32.4 Å². The molecule has 0 radical (unpaired) electrons. The summed E-state index contributed by atoms with van der Waals surface area (Å²) in [5.74, 6) is 0.0633. The first-order valence-corrected chi connectivity index (χ1v) is 7.33. The van der Waals surface area contributed by atoms with E-state index in [2.05, 4.69) is 21.8 Å². The zero-order valence-electron chi connectivity index (χ0n) is 12.2. The summed E-state index contributed by atoms with van der Waals surface area (Å²) in [5, 5.41) is 10.5. The van der Waals surface area contributed by atoms with Gasteiger partial charge in [0.15, 0.2) is 0 Å². The zero-order valence-corrected chi connectivity index (χ0v) is 12.2. The first-order valence-electron chi connectivity index (χ1n) is 7.33. The van der Waals surface area contributed by atoms with E-state index in [-0.39, 0.29) is 11.9 Å². The Bertz CT molecular complexity index is 635. The van der Waals surface area contributed by atoms with Gasteiger partial charge in [0.1, 0.15) is 6.04 Å². The van der Waals surface area contributed by atoms with Crippen LogP contribution < -0.4 is 10.6 Å². The molecule has 2 N–H and O–H groups in total. The van der Waals surface area contributed by atoms with Crippen molar-refractivity contribution in [1.29, 1.82) is 0 Å². The topological polar surface area (TPSA) is 59.0 Å². The first kappa shape index (κ1) is 13.7. The molecule has 1 amide bonds. The lowest BCUT2D eigenvalue weighted by atomic mass is 9.98. The van der Waals surface area contributed by atoms with Crippen LogP contribution in [0.1, 0.15) is 17.5 Å². The second-order valence-electron chi connectivity index (χ2n) is 5.46. The molecule has 0 aliphatic carbocycles. The van der Waals surface area contributed by atoms with Crippen molar-refractivity contribution in [3.63, 3.8) is 0 Å². The van der Waals surface area contributed by atoms with Gasteiger partial charge in [0.05, 0.1) is 12.7 Å². The maximum Gasteiger partial charge on any atom is 0.242 e. The summed E-state index contributed by atoms with van der Waals surface area (Å²) in [5.41, 5.74) is 3.49. The zero-order chi connectivity index (χ0) is 14.7. The van der Waals surface area contributed by atoms with Crippen LogP contribution in [0.15, 0.2) is 36.7 Å². The number of hydrogen-bond donors (Lipinski definition) is 2. The molecule has 1 aromatic carbocycles. The van der Waals surface area contributed by atoms with E-state index >= 15 is 0 Å². The van der Waals surface area contributed by atoms with Gasteiger partial charge in [-0.05, 0) is 37.0 Å². The summed E-state index contributed by atoms with van der Waals surface area (Å²) in [7, 11) is 0. The third kappa shape index (κ3) is 3.24. The molecule has 0 bridgehead atoms. The van der Waals surface area contributed by atoms with E-state index in [0.717, 1.165) is 24.1 Å². The molecule has 3 rings (SSSR count). The molecule has 1 aliphatic heterocycles. The van der Waals surface area contributed by atoms with Gasteiger partial charge in [-0.1, -0.05) is 18.2 Å². The predicted octanol–water partition coefficient (Wildman–Crippen LogP) is 1.73. The van der Waals surface area contributed by atoms with Gasteiger partial charge in [-0.15, -0.1) is 0 Å². The molecule has 110 valence electrons. The van der Waals surface area contributed by atoms with Crippen LogP contribution in [-0.2, 0) is 17.8 Å². The highest BCUT2D eigenvalue weighted by Gasteiger charge is 2.23. The average Bonchev–Trinajstić information content (AvgIpc) is 2.92. The Morgan fingerprint density at radius 1 is 1.48 bits per heavy atom. The highest BCUT2D eigenvalue weighted by Crippen LogP contribution is 2.24. The van der Waals surface area contributed by atoms with E-state index in [1.54, 1.807) is 0 Å². The Morgan fingerprint density at radius 3 is 3.14 bits per heavy atom. The van der Waals surface area contributed by atoms with Crippen LogP contribution in [0.4, 0.5) is 5.69 Å². The second kappa shape index (κ2) is 5.99. The Balaban J connectivity index is 1.50. The van der Waals surface area contributed by atoms with E-state index in [1.807, 2.05) is 42.2 Å². The van der Waals surface area contributed by atoms with Crippen molar-refractivity contribution in [1.82, 2.24) is 15.1 Å². The maximum atomic E-state index is 12.2. The van der Waals surface area contributed by atoms with Crippen molar-refractivity contribution in [3.8, 4) is 0 Å². The van der Waals surface area contributed by atoms with Gasteiger partial charge in [-0.2, -0.15) is 5.10 Å². The number of amides is 1. The van der Waals surface area contributed by atoms with Crippen molar-refractivity contribution in [3.05, 3.63) is 47.8 Å². The quantitative estimate of drug-likeness (QED) is 0.899. The molecule has 0 saturated carbocycles. The van der Waals surface area contributed by atoms with Crippen molar-refractivity contribution in [2.24, 2.45) is 0 Å². The fraction of sp³-hybridized carbons (Fsp3) is 0.375. The lowest BCUT2D eigenvalue weighted by Crippen LogP contribution is -2.42. The Morgan fingerprint density at radius 2 is 2.33 bits per heavy atom. The number of anilines is 1. The van der Waals surface area contributed by atoms with Gasteiger partial charge in [0.2, 0.25) is 5.91 Å². The first-order chi connectivity index (χ1) is 10.2. The minimum atomic E-state index is -0.140. The van der Waals surface area contributed by atoms with Gasteiger partial charge < -0.3 is 10.6 Å². The maximum absolute atomic E-state index is 12.2. The van der Waals surface area contributed by atoms with Crippen LogP contribution in [0.5, 0.6) is 0 Å². The number of aryl methyl sites for hydroxylation is 2. The number of fused-ring (bicyclic) bond motifs is 1. The van der Waals surface area contributed by atoms with Crippen molar-refractivity contribution < 1.29 is 4.79 Å². The van der Waals surface area contributed by atoms with Crippen LogP contribution >= 0.6 is 0 Å². The minimum Gasteiger partial charge on any atom is -0.373 e. The fourth-order valence-corrected chi connectivity index (χ4v) is 2.64. The lowest BCUT2D eigenvalue weighted by molar-refractivity contribution is -0.122. The van der Waals surface area contributed by atoms with E-state index in [1.165, 1.54) is 5.56 Å². The number of nitrogens with zero attached hydrogens (tertiary/aromatic N) is 2. The summed E-state index contributed by atoms with van der Waals surface area (Å²) in [6, 6.07) is 8.02. The fourth-order valence-electron chi connectivity index (χ4n) is 2.64. The molecule has 1 unspecified atom stereocenters. The normalized spacial score (nSPS) is 16.9. The molecule has 5 heteroatoms. The number of rotatable bonds is 4. The summed E-state index contributed by atoms with van der Waals surface area (Å²) < 4.78 is 1.85. The van der Waals surface area contributed by atoms with E-state index in [0.29, 0.717) is 13.1 Å². The molecule has 2 heterocycles. The Labute approximate surface area is 124 Å². The molecule has 1 aromatic heterocycles. The smallest absolute Gasteiger partial charge is 0.242 e. The minimum absolute atomic E-state index is 0.0633. The van der Waals surface area contributed by atoms with Crippen LogP contribution in [0.3, 0.4) is 0 Å². The number of aromatic nitrogens is 2. The standard InChI is InChI=1S/C16H20N4O/c1-12-10-18-20(11-12)9-8-17-16(21)15-7-6-13-4-2-3-5-14(13)19-15/h2-5,10-11,15,19H,6-9H2,1H3,(H,17,21). The molecule has 21 heavy (non-hydrogen) atoms. The summed E-state index contributed by atoms with van der Waals surface area (Å²) in [6.45, 7) is 3.30. The molecule has 2 aromatic rings. The monoisotopic (exact) mass is 284 g/mol. The molecule has 0 fully saturated rings. The predicted molar refractivity (Wildman–Crippen MR) is 82.1 cm³/mol. The van der Waals surface area contributed by atoms with Gasteiger partial charge in [-0.25, -0.2) is 0 Å². The molecule has 5 nitrogen and oxygen atoms in total. The van der Waals surface area contributed by atoms with E-state index in [9.17, 15) is 4.79 Å². The summed E-state index contributed by atoms with van der Waals surface area (Å²) in [4.78, 5) is 12.2. The third-order valence-electron chi connectivity index (χ3n) is 3.77. The number of carbonyl (C=O) groups excluding carboxylic acids is 1. The molecule has 1 aliphatic rings. The van der Waals surface area contributed by atoms with E-state index < -0.39 is 0 Å². The lowest BCUT2D eigenvalue weighted by Gasteiger charge is -2.26. The van der Waals surface area contributed by atoms with Crippen molar-refractivity contribution in [2.75, 3.05) is 11.9 Å². The second-order valence-corrected chi connectivity index (χ2v) is 5.46. The summed E-state index contributed by atoms with van der Waals surface area (Å²) in [6.07, 6.45) is 5.58. The van der Waals surface area contributed by atoms with E-state index in [4.69, 9.17) is 0 Å². The highest BCUT2D eigenvalue weighted by molar-refractivity contribution is 5.85. The number of hydrogen-bond acceptors (Lipinski definition) is 3. The number of nitrogens with one attached hydrogen (secondary N) is 2. The van der Waals surface area contributed by atoms with Crippen LogP contribution in [0, 0.1) is 6.92 Å². The average molecular weight is 284 g/mol. The summed E-state index contributed by atoms with van der Waals surface area (Å²) >= 11 is 0. The number of benzene rings is 1. The molecular formula is C16H20N4O. The van der Waals surface area contributed by atoms with Gasteiger partial charge >= 0.3 is 0 Å². The van der Waals surface area contributed by atoms with Crippen molar-refractivity contribution >= 4 is 11.6 Å². The van der Waals surface area contributed by atoms with Crippen LogP contribution in [0.2, 0.25) is 0 Å². The van der Waals surface area contributed by atoms with Gasteiger partial charge in [-0.3, -0.25) is 9.48 Å². The molecule has 0 spiro atoms. The van der Waals surface area contributed by atoms with Crippen LogP contribution in [-0.4, -0.2) is 28.3 Å². The Hall–Kier alpha value is -2.30. The van der Waals surface area contributed by atoms with Gasteiger partial charge in [0.25, 0.3) is 0 Å². The Kier molecular flexibility index (Phi) is 3.90. The molecule has 0 saturated heterocycles. The number of carbonyl (C=O) groups is 1. The number of para-hydroxylation sites is 1. The molecular weight excluding hydrogens is 264 g/mol. The molecule has 1 atom stereocenters. The third-order valence-corrected chi connectivity index (χ3v) is 3.77. The largest absolute Gasteiger partial charge is 0.373 e. The SMILES string of the molecule is Cc1cnn(CCNC(=O)C2CCc3ccccc3N2)c1. The van der Waals surface area contributed by atoms with Gasteiger partial charge in [0, 0.05) is 18.4 Å². The highest BCUT2D eigenvalue weighted by atomic mass is 16.2.